The zero-order valence-corrected chi connectivity index (χ0v) is 10.1. The summed E-state index contributed by atoms with van der Waals surface area (Å²) in [5.74, 6) is 0.385. The van der Waals surface area contributed by atoms with Crippen molar-refractivity contribution in [2.45, 2.75) is 38.5 Å². The first kappa shape index (κ1) is 10.8. The molecule has 0 N–H and O–H groups in total. The van der Waals surface area contributed by atoms with E-state index in [0.717, 1.165) is 19.3 Å². The van der Waals surface area contributed by atoms with Crippen LogP contribution in [0.15, 0.2) is 36.4 Å². The summed E-state index contributed by atoms with van der Waals surface area (Å²) in [5, 5.41) is 0. The van der Waals surface area contributed by atoms with E-state index in [-0.39, 0.29) is 5.41 Å². The van der Waals surface area contributed by atoms with Crippen LogP contribution >= 0.6 is 0 Å². The first-order valence-electron chi connectivity index (χ1n) is 6.61. The molecule has 1 aromatic carbocycles. The Morgan fingerprint density at radius 2 is 1.65 bits per heavy atom. The average molecular weight is 226 g/mol. The highest BCUT2D eigenvalue weighted by Gasteiger charge is 2.42. The van der Waals surface area contributed by atoms with E-state index in [9.17, 15) is 4.79 Å². The van der Waals surface area contributed by atoms with Gasteiger partial charge in [-0.15, -0.1) is 0 Å². The molecule has 17 heavy (non-hydrogen) atoms. The van der Waals surface area contributed by atoms with E-state index in [0.29, 0.717) is 5.78 Å². The van der Waals surface area contributed by atoms with E-state index < -0.39 is 0 Å². The maximum absolute atomic E-state index is 12.3. The van der Waals surface area contributed by atoms with Gasteiger partial charge >= 0.3 is 0 Å². The van der Waals surface area contributed by atoms with Crippen molar-refractivity contribution in [2.24, 2.45) is 5.41 Å². The van der Waals surface area contributed by atoms with Gasteiger partial charge in [-0.2, -0.15) is 0 Å². The Kier molecular flexibility index (Phi) is 2.62. The molecule has 1 aromatic rings. The van der Waals surface area contributed by atoms with Gasteiger partial charge in [-0.05, 0) is 36.5 Å². The van der Waals surface area contributed by atoms with Crippen LogP contribution in [-0.4, -0.2) is 5.78 Å². The van der Waals surface area contributed by atoms with Gasteiger partial charge in [0, 0.05) is 5.41 Å². The minimum absolute atomic E-state index is 0.0244. The van der Waals surface area contributed by atoms with Crippen molar-refractivity contribution in [3.05, 3.63) is 42.0 Å². The van der Waals surface area contributed by atoms with Crippen molar-refractivity contribution in [3.8, 4) is 0 Å². The van der Waals surface area contributed by atoms with Crippen LogP contribution in [0.4, 0.5) is 0 Å². The maximum atomic E-state index is 12.3. The summed E-state index contributed by atoms with van der Waals surface area (Å²) in [5.41, 5.74) is 2.45. The second kappa shape index (κ2) is 4.14. The predicted molar refractivity (Wildman–Crippen MR) is 69.6 cm³/mol. The lowest BCUT2D eigenvalue weighted by Crippen LogP contribution is -2.28. The predicted octanol–water partition coefficient (Wildman–Crippen LogP) is 3.99. The Morgan fingerprint density at radius 1 is 0.941 bits per heavy atom. The maximum Gasteiger partial charge on any atom is 0.162 e. The molecule has 0 radical (unpaired) electrons. The summed E-state index contributed by atoms with van der Waals surface area (Å²) >= 11 is 0. The Balaban J connectivity index is 1.87. The molecule has 1 saturated carbocycles. The van der Waals surface area contributed by atoms with Gasteiger partial charge in [-0.25, -0.2) is 0 Å². The van der Waals surface area contributed by atoms with Gasteiger partial charge in [0.1, 0.15) is 0 Å². The molecule has 0 atom stereocenters. The van der Waals surface area contributed by atoms with Crippen LogP contribution in [0.3, 0.4) is 0 Å². The third-order valence-corrected chi connectivity index (χ3v) is 4.31. The number of ketones is 1. The summed E-state index contributed by atoms with van der Waals surface area (Å²) in [7, 11) is 0. The van der Waals surface area contributed by atoms with Crippen LogP contribution in [0.2, 0.25) is 0 Å². The molecule has 0 aromatic heterocycles. The van der Waals surface area contributed by atoms with E-state index in [2.05, 4.69) is 12.1 Å². The fourth-order valence-electron chi connectivity index (χ4n) is 3.30. The Labute approximate surface area is 103 Å². The van der Waals surface area contributed by atoms with Crippen molar-refractivity contribution in [1.29, 1.82) is 0 Å². The Hall–Kier alpha value is -1.37. The molecule has 0 bridgehead atoms. The molecule has 1 fully saturated rings. The van der Waals surface area contributed by atoms with Crippen molar-refractivity contribution < 1.29 is 4.79 Å². The van der Waals surface area contributed by atoms with Crippen LogP contribution in [0.1, 0.15) is 44.1 Å². The molecule has 1 spiro atoms. The molecule has 0 aliphatic heterocycles. The summed E-state index contributed by atoms with van der Waals surface area (Å²) < 4.78 is 0. The molecule has 1 nitrogen and oxygen atoms in total. The van der Waals surface area contributed by atoms with E-state index in [1.807, 2.05) is 24.3 Å². The highest BCUT2D eigenvalue weighted by molar-refractivity contribution is 6.06. The van der Waals surface area contributed by atoms with Gasteiger partial charge in [0.25, 0.3) is 0 Å². The molecule has 2 aliphatic carbocycles. The van der Waals surface area contributed by atoms with Gasteiger partial charge < -0.3 is 0 Å². The van der Waals surface area contributed by atoms with E-state index in [1.54, 1.807) is 0 Å². The van der Waals surface area contributed by atoms with Gasteiger partial charge in [0.05, 0.1) is 0 Å². The molecule has 3 rings (SSSR count). The summed E-state index contributed by atoms with van der Waals surface area (Å²) in [6.07, 6.45) is 8.81. The van der Waals surface area contributed by atoms with Gasteiger partial charge in [0.2, 0.25) is 0 Å². The fraction of sp³-hybridized carbons (Fsp3) is 0.438. The minimum atomic E-state index is -0.0244. The standard InChI is InChI=1S/C16H18O/c17-15-11-14(13-7-3-1-4-8-13)12-16(15)9-5-2-6-10-16/h1,3-4,7-8,11H,2,5-6,9-10,12H2. The first-order chi connectivity index (χ1) is 8.30. The average Bonchev–Trinajstić information content (AvgIpc) is 2.69. The molecular weight excluding hydrogens is 208 g/mol. The quantitative estimate of drug-likeness (QED) is 0.707. The van der Waals surface area contributed by atoms with Gasteiger partial charge in [0.15, 0.2) is 5.78 Å². The van der Waals surface area contributed by atoms with Gasteiger partial charge in [-0.3, -0.25) is 4.79 Å². The highest BCUT2D eigenvalue weighted by Crippen LogP contribution is 2.48. The number of carbonyl (C=O) groups is 1. The zero-order chi connectivity index (χ0) is 11.7. The topological polar surface area (TPSA) is 17.1 Å². The number of hydrogen-bond donors (Lipinski definition) is 0. The third kappa shape index (κ3) is 1.84. The summed E-state index contributed by atoms with van der Waals surface area (Å²) in [4.78, 5) is 12.3. The van der Waals surface area contributed by atoms with Crippen LogP contribution in [0, 0.1) is 5.41 Å². The number of benzene rings is 1. The molecular formula is C16H18O. The first-order valence-corrected chi connectivity index (χ1v) is 6.61. The molecule has 0 heterocycles. The molecule has 1 heteroatoms. The molecule has 88 valence electrons. The lowest BCUT2D eigenvalue weighted by Gasteiger charge is -2.31. The van der Waals surface area contributed by atoms with E-state index in [4.69, 9.17) is 0 Å². The van der Waals surface area contributed by atoms with Crippen LogP contribution in [-0.2, 0) is 4.79 Å². The second-order valence-corrected chi connectivity index (χ2v) is 5.42. The summed E-state index contributed by atoms with van der Waals surface area (Å²) in [6, 6.07) is 10.3. The lowest BCUT2D eigenvalue weighted by atomic mass is 9.71. The Bertz CT molecular complexity index is 450. The van der Waals surface area contributed by atoms with E-state index in [1.165, 1.54) is 30.4 Å². The summed E-state index contributed by atoms with van der Waals surface area (Å²) in [6.45, 7) is 0. The van der Waals surface area contributed by atoms with Crippen LogP contribution in [0.25, 0.3) is 5.57 Å². The largest absolute Gasteiger partial charge is 0.294 e. The number of rotatable bonds is 1. The fourth-order valence-corrected chi connectivity index (χ4v) is 3.30. The molecule has 0 amide bonds. The van der Waals surface area contributed by atoms with Crippen molar-refractivity contribution in [3.63, 3.8) is 0 Å². The highest BCUT2D eigenvalue weighted by atomic mass is 16.1. The molecule has 2 aliphatic rings. The van der Waals surface area contributed by atoms with Crippen LogP contribution in [0.5, 0.6) is 0 Å². The lowest BCUT2D eigenvalue weighted by molar-refractivity contribution is -0.124. The zero-order valence-electron chi connectivity index (χ0n) is 10.1. The normalized spacial score (nSPS) is 22.8. The van der Waals surface area contributed by atoms with Crippen molar-refractivity contribution in [2.75, 3.05) is 0 Å². The smallest absolute Gasteiger partial charge is 0.162 e. The second-order valence-electron chi connectivity index (χ2n) is 5.42. The number of allylic oxidation sites excluding steroid dienone is 2. The Morgan fingerprint density at radius 3 is 2.35 bits per heavy atom. The van der Waals surface area contributed by atoms with Gasteiger partial charge in [-0.1, -0.05) is 49.6 Å². The minimum Gasteiger partial charge on any atom is -0.294 e. The van der Waals surface area contributed by atoms with E-state index >= 15 is 0 Å². The van der Waals surface area contributed by atoms with Crippen molar-refractivity contribution in [1.82, 2.24) is 0 Å². The molecule has 0 saturated heterocycles. The number of carbonyl (C=O) groups excluding carboxylic acids is 1. The third-order valence-electron chi connectivity index (χ3n) is 4.31. The van der Waals surface area contributed by atoms with Crippen molar-refractivity contribution >= 4 is 11.4 Å². The van der Waals surface area contributed by atoms with Crippen LogP contribution < -0.4 is 0 Å². The SMILES string of the molecule is O=C1C=C(c2ccccc2)CC12CCCCC2. The number of hydrogen-bond acceptors (Lipinski definition) is 1. The molecule has 0 unspecified atom stereocenters. The monoisotopic (exact) mass is 226 g/mol.